The molecule has 2 aromatic heterocycles. The molecular formula is C49H52ClN7O9. The first-order chi connectivity index (χ1) is 31.8. The molecule has 2 N–H and O–H groups in total. The van der Waals surface area contributed by atoms with Crippen molar-refractivity contribution in [3.8, 4) is 22.6 Å². The van der Waals surface area contributed by atoms with Crippen LogP contribution in [0.15, 0.2) is 48.5 Å². The second-order valence-corrected chi connectivity index (χ2v) is 17.9. The molecule has 9 rings (SSSR count). The van der Waals surface area contributed by atoms with Crippen molar-refractivity contribution in [1.29, 1.82) is 0 Å². The topological polar surface area (TPSA) is 186 Å². The van der Waals surface area contributed by atoms with Gasteiger partial charge in [-0.2, -0.15) is 5.10 Å². The summed E-state index contributed by atoms with van der Waals surface area (Å²) in [7, 11) is 1.88. The fraction of sp³-hybridized carbons (Fsp3) is 0.408. The van der Waals surface area contributed by atoms with Crippen molar-refractivity contribution in [2.45, 2.75) is 77.8 Å². The molecule has 0 radical (unpaired) electrons. The Morgan fingerprint density at radius 3 is 2.36 bits per heavy atom. The van der Waals surface area contributed by atoms with Gasteiger partial charge in [0.15, 0.2) is 6.61 Å². The van der Waals surface area contributed by atoms with Crippen LogP contribution in [-0.2, 0) is 47.2 Å². The fourth-order valence-corrected chi connectivity index (χ4v) is 10.4. The van der Waals surface area contributed by atoms with E-state index < -0.39 is 35.6 Å². The van der Waals surface area contributed by atoms with Crippen molar-refractivity contribution in [2.24, 2.45) is 7.05 Å². The normalized spacial score (nSPS) is 17.6. The molecule has 17 heteroatoms. The van der Waals surface area contributed by atoms with Crippen LogP contribution in [-0.4, -0.2) is 122 Å². The number of carbonyl (C=O) groups excluding carboxylic acids is 5. The molecule has 0 saturated carbocycles. The van der Waals surface area contributed by atoms with Crippen LogP contribution in [0.5, 0.6) is 11.5 Å². The van der Waals surface area contributed by atoms with Crippen LogP contribution in [0, 0.1) is 13.8 Å². The predicted octanol–water partition coefficient (Wildman–Crippen LogP) is 5.53. The van der Waals surface area contributed by atoms with E-state index in [0.717, 1.165) is 68.9 Å². The highest BCUT2D eigenvalue weighted by Crippen LogP contribution is 2.42. The van der Waals surface area contributed by atoms with E-state index in [2.05, 4.69) is 21.4 Å². The molecule has 2 saturated heterocycles. The number of piperazine rings is 1. The van der Waals surface area contributed by atoms with Gasteiger partial charge in [-0.25, -0.2) is 4.79 Å². The van der Waals surface area contributed by atoms with Crippen molar-refractivity contribution >= 4 is 58.0 Å². The molecule has 5 heterocycles. The summed E-state index contributed by atoms with van der Waals surface area (Å²) < 4.78 is 15.9. The third kappa shape index (κ3) is 8.21. The average Bonchev–Trinajstić information content (AvgIpc) is 3.86. The third-order valence-electron chi connectivity index (χ3n) is 13.6. The second kappa shape index (κ2) is 18.4. The summed E-state index contributed by atoms with van der Waals surface area (Å²) in [6, 6.07) is 13.4. The van der Waals surface area contributed by atoms with Gasteiger partial charge in [-0.15, -0.1) is 0 Å². The molecule has 3 aliphatic heterocycles. The Morgan fingerprint density at radius 1 is 0.864 bits per heavy atom. The Balaban J connectivity index is 0.896. The molecular weight excluding hydrogens is 866 g/mol. The monoisotopic (exact) mass is 917 g/mol. The molecule has 1 atom stereocenters. The van der Waals surface area contributed by atoms with E-state index in [1.165, 1.54) is 29.7 Å². The summed E-state index contributed by atoms with van der Waals surface area (Å²) in [5, 5.41) is 19.1. The van der Waals surface area contributed by atoms with E-state index >= 15 is 0 Å². The second-order valence-electron chi connectivity index (χ2n) is 17.5. The minimum absolute atomic E-state index is 0.00292. The lowest BCUT2D eigenvalue weighted by molar-refractivity contribution is -0.136. The van der Waals surface area contributed by atoms with Gasteiger partial charge in [0, 0.05) is 74.9 Å². The summed E-state index contributed by atoms with van der Waals surface area (Å²) in [6.07, 6.45) is 5.47. The number of hydrogen-bond acceptors (Lipinski definition) is 10. The van der Waals surface area contributed by atoms with Gasteiger partial charge in [0.1, 0.15) is 23.2 Å². The lowest BCUT2D eigenvalue weighted by Gasteiger charge is -2.35. The Kier molecular flexibility index (Phi) is 12.5. The molecule has 4 aliphatic rings. The number of halogens is 1. The molecule has 3 aromatic carbocycles. The van der Waals surface area contributed by atoms with E-state index in [4.69, 9.17) is 21.1 Å². The lowest BCUT2D eigenvalue weighted by Crippen LogP contribution is -2.54. The number of amides is 5. The number of nitrogens with one attached hydrogen (secondary N) is 1. The van der Waals surface area contributed by atoms with Crippen LogP contribution in [0.2, 0.25) is 5.02 Å². The van der Waals surface area contributed by atoms with E-state index in [1.807, 2.05) is 54.4 Å². The zero-order valence-corrected chi connectivity index (χ0v) is 38.0. The first-order valence-electron chi connectivity index (χ1n) is 22.6. The number of nitrogens with zero attached hydrogens (tertiary/aromatic N) is 6. The first-order valence-corrected chi connectivity index (χ1v) is 23.0. The minimum atomic E-state index is -1.13. The maximum atomic E-state index is 13.5. The lowest BCUT2D eigenvalue weighted by atomic mass is 9.91. The number of carboxylic acids is 1. The molecule has 5 amide bonds. The number of imide groups is 2. The highest BCUT2D eigenvalue weighted by atomic mass is 35.5. The Hall–Kier alpha value is -6.52. The van der Waals surface area contributed by atoms with Crippen LogP contribution in [0.4, 0.5) is 0 Å². The molecule has 1 unspecified atom stereocenters. The zero-order valence-electron chi connectivity index (χ0n) is 37.3. The van der Waals surface area contributed by atoms with Crippen LogP contribution in [0.25, 0.3) is 22.0 Å². The number of aryl methyl sites for hydroxylation is 4. The van der Waals surface area contributed by atoms with Crippen LogP contribution >= 0.6 is 11.6 Å². The fourth-order valence-electron chi connectivity index (χ4n) is 10.2. The van der Waals surface area contributed by atoms with E-state index in [0.29, 0.717) is 63.7 Å². The number of carboxylic acid groups (broad SMARTS) is 1. The van der Waals surface area contributed by atoms with Crippen molar-refractivity contribution in [3.05, 3.63) is 98.5 Å². The number of fused-ring (bicyclic) bond motifs is 3. The van der Waals surface area contributed by atoms with Gasteiger partial charge in [-0.3, -0.25) is 43.8 Å². The van der Waals surface area contributed by atoms with Crippen LogP contribution < -0.4 is 14.8 Å². The van der Waals surface area contributed by atoms with Crippen molar-refractivity contribution in [2.75, 3.05) is 45.9 Å². The molecule has 2 fully saturated rings. The Morgan fingerprint density at radius 2 is 1.62 bits per heavy atom. The van der Waals surface area contributed by atoms with Gasteiger partial charge in [0.05, 0.1) is 34.0 Å². The van der Waals surface area contributed by atoms with E-state index in [9.17, 15) is 33.9 Å². The standard InChI is InChI=1S/C49H52ClN7O9/c1-28-41(29(2)53(3)52-28)43-35(50)17-16-33-32(13-8-26-65-37-14-6-10-30-9-4-5-11-31(30)37)45(49(63)64)56(44(33)43)25-22-54-20-23-55(24-21-54)40(59)27-66-38-15-7-12-34-42(38)48(62)57(47(34)61)36-18-19-39(58)51-46(36)60/h6-7,10,12,14-17,36H,4-5,8-9,11,13,18-27H2,1-3H3,(H,63,64)(H,51,58,60). The zero-order chi connectivity index (χ0) is 46.4. The molecule has 66 heavy (non-hydrogen) atoms. The van der Waals surface area contributed by atoms with Crippen molar-refractivity contribution in [1.82, 2.24) is 34.4 Å². The van der Waals surface area contributed by atoms with Crippen molar-refractivity contribution < 1.29 is 43.3 Å². The highest BCUT2D eigenvalue weighted by Gasteiger charge is 2.46. The minimum Gasteiger partial charge on any atom is -0.493 e. The van der Waals surface area contributed by atoms with Crippen molar-refractivity contribution in [3.63, 3.8) is 0 Å². The van der Waals surface area contributed by atoms with Crippen LogP contribution in [0.3, 0.4) is 0 Å². The molecule has 1 aliphatic carbocycles. The summed E-state index contributed by atoms with van der Waals surface area (Å²) in [5.41, 5.74) is 7.63. The number of hydrogen-bond donors (Lipinski definition) is 2. The maximum Gasteiger partial charge on any atom is 0.352 e. The van der Waals surface area contributed by atoms with Gasteiger partial charge in [-0.1, -0.05) is 35.9 Å². The smallest absolute Gasteiger partial charge is 0.352 e. The molecule has 5 aromatic rings. The number of carbonyl (C=O) groups is 6. The molecule has 0 bridgehead atoms. The number of benzene rings is 3. The summed E-state index contributed by atoms with van der Waals surface area (Å²) in [4.78, 5) is 82.7. The van der Waals surface area contributed by atoms with E-state index in [1.54, 1.807) is 11.0 Å². The van der Waals surface area contributed by atoms with Crippen LogP contribution in [0.1, 0.15) is 91.4 Å². The summed E-state index contributed by atoms with van der Waals surface area (Å²) >= 11 is 7.07. The SMILES string of the molecule is Cc1nn(C)c(C)c1-c1c(Cl)ccc2c(CCCOc3cccc4c3CCCC4)c(C(=O)O)n(CCN3CCN(C(=O)COc4cccc5c4C(=O)N(C4CCC(=O)NC4=O)C5=O)CC3)c12. The number of aromatic nitrogens is 3. The number of piperidine rings is 1. The molecule has 16 nitrogen and oxygen atoms in total. The number of ether oxygens (including phenoxy) is 2. The van der Waals surface area contributed by atoms with Gasteiger partial charge in [-0.05, 0) is 99.7 Å². The number of rotatable bonds is 14. The van der Waals surface area contributed by atoms with Gasteiger partial charge in [0.2, 0.25) is 11.8 Å². The predicted molar refractivity (Wildman–Crippen MR) is 244 cm³/mol. The first kappa shape index (κ1) is 44.7. The highest BCUT2D eigenvalue weighted by molar-refractivity contribution is 6.35. The van der Waals surface area contributed by atoms with Gasteiger partial charge in [0.25, 0.3) is 17.7 Å². The quantitative estimate of drug-likeness (QED) is 0.106. The third-order valence-corrected chi connectivity index (χ3v) is 13.9. The van der Waals surface area contributed by atoms with Gasteiger partial charge >= 0.3 is 5.97 Å². The summed E-state index contributed by atoms with van der Waals surface area (Å²) in [6.45, 7) is 6.61. The average molecular weight is 918 g/mol. The molecule has 0 spiro atoms. The summed E-state index contributed by atoms with van der Waals surface area (Å²) in [5.74, 6) is -2.94. The molecule has 344 valence electrons. The largest absolute Gasteiger partial charge is 0.493 e. The van der Waals surface area contributed by atoms with E-state index in [-0.39, 0.29) is 47.9 Å². The Bertz CT molecular complexity index is 2820. The maximum absolute atomic E-state index is 13.5. The Labute approximate surface area is 386 Å². The number of aromatic carboxylic acids is 1. The van der Waals surface area contributed by atoms with Gasteiger partial charge < -0.3 is 24.0 Å².